The van der Waals surface area contributed by atoms with Gasteiger partial charge in [0.25, 0.3) is 0 Å². The maximum atomic E-state index is 11.6. The molecule has 0 spiro atoms. The molecule has 6 nitrogen and oxygen atoms in total. The van der Waals surface area contributed by atoms with Gasteiger partial charge in [-0.2, -0.15) is 0 Å². The lowest BCUT2D eigenvalue weighted by atomic mass is 10.2. The van der Waals surface area contributed by atoms with Crippen molar-refractivity contribution in [3.8, 4) is 0 Å². The predicted molar refractivity (Wildman–Crippen MR) is 52.3 cm³/mol. The third-order valence-electron chi connectivity index (χ3n) is 2.42. The van der Waals surface area contributed by atoms with Crippen LogP contribution in [0.1, 0.15) is 12.8 Å². The highest BCUT2D eigenvalue weighted by atomic mass is 16.4. The zero-order valence-corrected chi connectivity index (χ0v) is 8.48. The summed E-state index contributed by atoms with van der Waals surface area (Å²) in [7, 11) is 0. The largest absolute Gasteiger partial charge is 0.480 e. The minimum atomic E-state index is -0.942. The Kier molecular flexibility index (Phi) is 4.51. The number of likely N-dealkylation sites (tertiary alicyclic amines) is 1. The molecule has 1 aliphatic rings. The van der Waals surface area contributed by atoms with Crippen molar-refractivity contribution in [2.75, 3.05) is 26.2 Å². The molecular weight excluding hydrogens is 200 g/mol. The molecule has 1 heterocycles. The molecule has 0 aromatic rings. The van der Waals surface area contributed by atoms with Crippen LogP contribution in [0.25, 0.3) is 0 Å². The van der Waals surface area contributed by atoms with Gasteiger partial charge in [-0.25, -0.2) is 4.79 Å². The van der Waals surface area contributed by atoms with Gasteiger partial charge in [-0.1, -0.05) is 0 Å². The number of carbonyl (C=O) groups excluding carboxylic acids is 1. The van der Waals surface area contributed by atoms with Crippen LogP contribution < -0.4 is 5.32 Å². The van der Waals surface area contributed by atoms with Gasteiger partial charge in [-0.3, -0.25) is 4.79 Å². The number of rotatable bonds is 5. The van der Waals surface area contributed by atoms with Crippen molar-refractivity contribution in [1.29, 1.82) is 0 Å². The van der Waals surface area contributed by atoms with Crippen LogP contribution in [0.3, 0.4) is 0 Å². The average Bonchev–Trinajstić information content (AvgIpc) is 2.66. The fraction of sp³-hybridized carbons (Fsp3) is 0.778. The summed E-state index contributed by atoms with van der Waals surface area (Å²) in [6.45, 7) is 0.911. The van der Waals surface area contributed by atoms with E-state index in [4.69, 9.17) is 10.2 Å². The highest BCUT2D eigenvalue weighted by molar-refractivity contribution is 5.85. The van der Waals surface area contributed by atoms with Crippen molar-refractivity contribution in [2.45, 2.75) is 18.9 Å². The Hall–Kier alpha value is -1.14. The topological polar surface area (TPSA) is 89.9 Å². The molecule has 1 rings (SSSR count). The lowest BCUT2D eigenvalue weighted by Crippen LogP contribution is -2.44. The molecule has 1 aliphatic heterocycles. The van der Waals surface area contributed by atoms with E-state index in [0.29, 0.717) is 19.5 Å². The number of carbonyl (C=O) groups is 2. The summed E-state index contributed by atoms with van der Waals surface area (Å²) in [5, 5.41) is 20.1. The number of carboxylic acid groups (broad SMARTS) is 1. The quantitative estimate of drug-likeness (QED) is 0.494. The molecule has 1 saturated heterocycles. The standard InChI is InChI=1S/C9H16N2O4/c12-5-3-10-6-8(13)11-4-1-2-7(11)9(14)15/h7,10,12H,1-6H2,(H,14,15)/t7-/m1/s1. The van der Waals surface area contributed by atoms with Crippen LogP contribution in [0.15, 0.2) is 0 Å². The Bertz CT molecular complexity index is 244. The van der Waals surface area contributed by atoms with Crippen LogP contribution in [0, 0.1) is 0 Å². The van der Waals surface area contributed by atoms with Gasteiger partial charge in [-0.05, 0) is 12.8 Å². The molecule has 3 N–H and O–H groups in total. The number of carboxylic acids is 1. The van der Waals surface area contributed by atoms with Gasteiger partial charge < -0.3 is 20.4 Å². The summed E-state index contributed by atoms with van der Waals surface area (Å²) < 4.78 is 0. The van der Waals surface area contributed by atoms with Gasteiger partial charge in [0.1, 0.15) is 6.04 Å². The highest BCUT2D eigenvalue weighted by Gasteiger charge is 2.33. The monoisotopic (exact) mass is 216 g/mol. The zero-order valence-electron chi connectivity index (χ0n) is 8.48. The normalized spacial score (nSPS) is 20.6. The summed E-state index contributed by atoms with van der Waals surface area (Å²) in [5.74, 6) is -1.16. The van der Waals surface area contributed by atoms with E-state index < -0.39 is 12.0 Å². The second kappa shape index (κ2) is 5.67. The van der Waals surface area contributed by atoms with Crippen LogP contribution >= 0.6 is 0 Å². The molecule has 15 heavy (non-hydrogen) atoms. The Morgan fingerprint density at radius 1 is 1.47 bits per heavy atom. The summed E-state index contributed by atoms with van der Waals surface area (Å²) in [4.78, 5) is 23.7. The molecule has 6 heteroatoms. The SMILES string of the molecule is O=C(O)[C@H]1CCCN1C(=O)CNCCO. The van der Waals surface area contributed by atoms with Crippen molar-refractivity contribution in [3.63, 3.8) is 0 Å². The van der Waals surface area contributed by atoms with E-state index in [1.807, 2.05) is 0 Å². The van der Waals surface area contributed by atoms with E-state index >= 15 is 0 Å². The van der Waals surface area contributed by atoms with Crippen LogP contribution in [0.2, 0.25) is 0 Å². The third kappa shape index (κ3) is 3.17. The number of aliphatic hydroxyl groups is 1. The number of nitrogens with zero attached hydrogens (tertiary/aromatic N) is 1. The van der Waals surface area contributed by atoms with Crippen LogP contribution in [-0.2, 0) is 9.59 Å². The first-order valence-corrected chi connectivity index (χ1v) is 5.00. The fourth-order valence-corrected chi connectivity index (χ4v) is 1.70. The smallest absolute Gasteiger partial charge is 0.326 e. The van der Waals surface area contributed by atoms with Gasteiger partial charge in [0.15, 0.2) is 0 Å². The summed E-state index contributed by atoms with van der Waals surface area (Å²) >= 11 is 0. The maximum absolute atomic E-state index is 11.6. The van der Waals surface area contributed by atoms with Gasteiger partial charge in [-0.15, -0.1) is 0 Å². The first-order chi connectivity index (χ1) is 7.16. The third-order valence-corrected chi connectivity index (χ3v) is 2.42. The zero-order chi connectivity index (χ0) is 11.3. The van der Waals surface area contributed by atoms with Gasteiger partial charge in [0.2, 0.25) is 5.91 Å². The first kappa shape index (κ1) is 11.9. The van der Waals surface area contributed by atoms with Gasteiger partial charge in [0.05, 0.1) is 13.2 Å². The Morgan fingerprint density at radius 3 is 2.80 bits per heavy atom. The lowest BCUT2D eigenvalue weighted by Gasteiger charge is -2.21. The number of hydrogen-bond donors (Lipinski definition) is 3. The molecule has 86 valence electrons. The molecule has 1 amide bonds. The molecule has 0 radical (unpaired) electrons. The molecular formula is C9H16N2O4. The molecule has 0 bridgehead atoms. The molecule has 0 aromatic heterocycles. The Balaban J connectivity index is 2.40. The lowest BCUT2D eigenvalue weighted by molar-refractivity contribution is -0.147. The second-order valence-corrected chi connectivity index (χ2v) is 3.48. The Morgan fingerprint density at radius 2 is 2.20 bits per heavy atom. The number of aliphatic hydroxyl groups excluding tert-OH is 1. The van der Waals surface area contributed by atoms with Crippen LogP contribution in [0.5, 0.6) is 0 Å². The first-order valence-electron chi connectivity index (χ1n) is 5.00. The number of hydrogen-bond acceptors (Lipinski definition) is 4. The minimum Gasteiger partial charge on any atom is -0.480 e. The Labute approximate surface area is 87.9 Å². The van der Waals surface area contributed by atoms with Crippen molar-refractivity contribution >= 4 is 11.9 Å². The average molecular weight is 216 g/mol. The number of aliphatic carboxylic acids is 1. The molecule has 0 aromatic carbocycles. The maximum Gasteiger partial charge on any atom is 0.326 e. The van der Waals surface area contributed by atoms with E-state index in [-0.39, 0.29) is 19.1 Å². The molecule has 1 atom stereocenters. The van der Waals surface area contributed by atoms with Crippen molar-refractivity contribution in [3.05, 3.63) is 0 Å². The van der Waals surface area contributed by atoms with Crippen molar-refractivity contribution in [2.24, 2.45) is 0 Å². The van der Waals surface area contributed by atoms with E-state index in [2.05, 4.69) is 5.32 Å². The fourth-order valence-electron chi connectivity index (χ4n) is 1.70. The second-order valence-electron chi connectivity index (χ2n) is 3.48. The molecule has 0 saturated carbocycles. The van der Waals surface area contributed by atoms with E-state index in [1.54, 1.807) is 0 Å². The minimum absolute atomic E-state index is 0.0321. The molecule has 1 fully saturated rings. The van der Waals surface area contributed by atoms with Crippen LogP contribution in [-0.4, -0.2) is 59.3 Å². The summed E-state index contributed by atoms with van der Waals surface area (Å²) in [5.41, 5.74) is 0. The van der Waals surface area contributed by atoms with Crippen LogP contribution in [0.4, 0.5) is 0 Å². The molecule has 0 aliphatic carbocycles. The number of amides is 1. The van der Waals surface area contributed by atoms with Gasteiger partial charge >= 0.3 is 5.97 Å². The summed E-state index contributed by atoms with van der Waals surface area (Å²) in [6, 6.07) is -0.673. The van der Waals surface area contributed by atoms with Crippen molar-refractivity contribution < 1.29 is 19.8 Å². The van der Waals surface area contributed by atoms with Crippen molar-refractivity contribution in [1.82, 2.24) is 10.2 Å². The summed E-state index contributed by atoms with van der Waals surface area (Å²) in [6.07, 6.45) is 1.27. The predicted octanol–water partition coefficient (Wildman–Crippen LogP) is -1.36. The highest BCUT2D eigenvalue weighted by Crippen LogP contribution is 2.16. The van der Waals surface area contributed by atoms with E-state index in [1.165, 1.54) is 4.90 Å². The molecule has 0 unspecified atom stereocenters. The van der Waals surface area contributed by atoms with E-state index in [0.717, 1.165) is 6.42 Å². The number of nitrogens with one attached hydrogen (secondary N) is 1. The van der Waals surface area contributed by atoms with E-state index in [9.17, 15) is 9.59 Å². The van der Waals surface area contributed by atoms with Gasteiger partial charge in [0, 0.05) is 13.1 Å².